The summed E-state index contributed by atoms with van der Waals surface area (Å²) < 4.78 is 30.3. The lowest BCUT2D eigenvalue weighted by molar-refractivity contribution is 0.0888. The lowest BCUT2D eigenvalue weighted by Gasteiger charge is -2.13. The van der Waals surface area contributed by atoms with Crippen LogP contribution in [0.25, 0.3) is 0 Å². The van der Waals surface area contributed by atoms with Gasteiger partial charge in [0.1, 0.15) is 11.6 Å². The molecule has 1 aromatic carbocycles. The summed E-state index contributed by atoms with van der Waals surface area (Å²) in [5.74, 6) is 1.71. The van der Waals surface area contributed by atoms with E-state index >= 15 is 0 Å². The molecule has 1 aliphatic heterocycles. The fourth-order valence-electron chi connectivity index (χ4n) is 3.13. The molecule has 0 radical (unpaired) electrons. The van der Waals surface area contributed by atoms with E-state index in [4.69, 9.17) is 14.2 Å². The van der Waals surface area contributed by atoms with E-state index in [1.54, 1.807) is 18.3 Å². The van der Waals surface area contributed by atoms with E-state index in [0.717, 1.165) is 51.3 Å². The molecular formula is C23H31FN4O3. The number of rotatable bonds is 11. The van der Waals surface area contributed by atoms with Crippen LogP contribution in [0.3, 0.4) is 0 Å². The van der Waals surface area contributed by atoms with E-state index in [-0.39, 0.29) is 5.82 Å². The maximum atomic E-state index is 13.4. The number of hydrogen-bond donors (Lipinski definition) is 2. The maximum absolute atomic E-state index is 13.4. The first kappa shape index (κ1) is 23.0. The summed E-state index contributed by atoms with van der Waals surface area (Å²) in [4.78, 5) is 8.90. The quantitative estimate of drug-likeness (QED) is 0.323. The van der Waals surface area contributed by atoms with Crippen LogP contribution in [0.15, 0.2) is 47.6 Å². The average molecular weight is 431 g/mol. The zero-order valence-electron chi connectivity index (χ0n) is 18.0. The molecule has 1 atom stereocenters. The van der Waals surface area contributed by atoms with Gasteiger partial charge in [0.2, 0.25) is 5.88 Å². The van der Waals surface area contributed by atoms with Gasteiger partial charge in [-0.1, -0.05) is 12.1 Å². The van der Waals surface area contributed by atoms with E-state index in [0.29, 0.717) is 36.7 Å². The Morgan fingerprint density at radius 1 is 1.29 bits per heavy atom. The molecule has 2 heterocycles. The topological polar surface area (TPSA) is 77.0 Å². The lowest BCUT2D eigenvalue weighted by atomic mass is 10.1. The highest BCUT2D eigenvalue weighted by Crippen LogP contribution is 2.23. The molecule has 2 N–H and O–H groups in total. The zero-order valence-corrected chi connectivity index (χ0v) is 18.0. The Labute approximate surface area is 183 Å². The van der Waals surface area contributed by atoms with Crippen LogP contribution in [0.2, 0.25) is 0 Å². The van der Waals surface area contributed by atoms with Crippen molar-refractivity contribution in [2.45, 2.75) is 26.3 Å². The highest BCUT2D eigenvalue weighted by Gasteiger charge is 2.15. The van der Waals surface area contributed by atoms with Gasteiger partial charge in [0.05, 0.1) is 19.8 Å². The predicted molar refractivity (Wildman–Crippen MR) is 118 cm³/mol. The summed E-state index contributed by atoms with van der Waals surface area (Å²) in [6.07, 6.45) is 3.62. The fourth-order valence-corrected chi connectivity index (χ4v) is 3.13. The minimum Gasteiger partial charge on any atom is -0.439 e. The average Bonchev–Trinajstić information content (AvgIpc) is 3.29. The predicted octanol–water partition coefficient (Wildman–Crippen LogP) is 3.51. The molecule has 8 heteroatoms. The van der Waals surface area contributed by atoms with Crippen LogP contribution < -0.4 is 15.4 Å². The summed E-state index contributed by atoms with van der Waals surface area (Å²) in [5, 5.41) is 6.56. The lowest BCUT2D eigenvalue weighted by Crippen LogP contribution is -2.38. The molecular weight excluding hydrogens is 399 g/mol. The Hall–Kier alpha value is -2.71. The van der Waals surface area contributed by atoms with Crippen LogP contribution >= 0.6 is 0 Å². The SMILES string of the molecule is CCNC(=NCc1cccnc1Oc1cccc(F)c1)NCCCOCC1CCOC1. The molecule has 0 amide bonds. The first-order valence-electron chi connectivity index (χ1n) is 10.8. The monoisotopic (exact) mass is 430 g/mol. The van der Waals surface area contributed by atoms with Crippen LogP contribution in [-0.4, -0.2) is 50.5 Å². The highest BCUT2D eigenvalue weighted by molar-refractivity contribution is 5.79. The molecule has 0 saturated carbocycles. The standard InChI is InChI=1S/C23H31FN4O3/c1-2-25-23(27-11-5-12-29-16-18-9-13-30-17-18)28-15-19-6-4-10-26-22(19)31-21-8-3-7-20(24)14-21/h3-4,6-8,10,14,18H,2,5,9,11-13,15-17H2,1H3,(H2,25,27,28). The van der Waals surface area contributed by atoms with Gasteiger partial charge in [-0.2, -0.15) is 0 Å². The second kappa shape index (κ2) is 12.9. The highest BCUT2D eigenvalue weighted by atomic mass is 19.1. The third kappa shape index (κ3) is 8.15. The number of ether oxygens (including phenoxy) is 3. The fraction of sp³-hybridized carbons (Fsp3) is 0.478. The maximum Gasteiger partial charge on any atom is 0.224 e. The number of pyridine rings is 1. The molecule has 1 aliphatic rings. The van der Waals surface area contributed by atoms with Gasteiger partial charge in [0.15, 0.2) is 5.96 Å². The molecule has 7 nitrogen and oxygen atoms in total. The Morgan fingerprint density at radius 2 is 2.23 bits per heavy atom. The number of halogens is 1. The molecule has 0 spiro atoms. The van der Waals surface area contributed by atoms with E-state index in [9.17, 15) is 4.39 Å². The largest absolute Gasteiger partial charge is 0.439 e. The number of aliphatic imine (C=N–C) groups is 1. The minimum absolute atomic E-state index is 0.354. The van der Waals surface area contributed by atoms with Crippen LogP contribution in [-0.2, 0) is 16.0 Å². The van der Waals surface area contributed by atoms with Gasteiger partial charge in [0.25, 0.3) is 0 Å². The Morgan fingerprint density at radius 3 is 3.03 bits per heavy atom. The van der Waals surface area contributed by atoms with Crippen molar-refractivity contribution in [3.63, 3.8) is 0 Å². The van der Waals surface area contributed by atoms with Gasteiger partial charge in [-0.25, -0.2) is 14.4 Å². The summed E-state index contributed by atoms with van der Waals surface area (Å²) in [7, 11) is 0. The van der Waals surface area contributed by atoms with E-state index < -0.39 is 0 Å². The molecule has 168 valence electrons. The van der Waals surface area contributed by atoms with E-state index in [1.807, 2.05) is 19.1 Å². The molecule has 3 rings (SSSR count). The third-order valence-electron chi connectivity index (χ3n) is 4.75. The number of nitrogens with one attached hydrogen (secondary N) is 2. The molecule has 1 unspecified atom stereocenters. The molecule has 31 heavy (non-hydrogen) atoms. The van der Waals surface area contributed by atoms with Crippen molar-refractivity contribution in [2.24, 2.45) is 10.9 Å². The van der Waals surface area contributed by atoms with Gasteiger partial charge < -0.3 is 24.8 Å². The van der Waals surface area contributed by atoms with Crippen molar-refractivity contribution < 1.29 is 18.6 Å². The van der Waals surface area contributed by atoms with E-state index in [1.165, 1.54) is 12.1 Å². The second-order valence-corrected chi connectivity index (χ2v) is 7.31. The van der Waals surface area contributed by atoms with Crippen molar-refractivity contribution in [2.75, 3.05) is 39.5 Å². The third-order valence-corrected chi connectivity index (χ3v) is 4.75. The molecule has 0 aliphatic carbocycles. The Balaban J connectivity index is 1.48. The second-order valence-electron chi connectivity index (χ2n) is 7.31. The van der Waals surface area contributed by atoms with Crippen molar-refractivity contribution in [1.82, 2.24) is 15.6 Å². The summed E-state index contributed by atoms with van der Waals surface area (Å²) >= 11 is 0. The summed E-state index contributed by atoms with van der Waals surface area (Å²) in [6, 6.07) is 9.72. The Kier molecular flexibility index (Phi) is 9.53. The number of nitrogens with zero attached hydrogens (tertiary/aromatic N) is 2. The first-order chi connectivity index (χ1) is 15.2. The van der Waals surface area contributed by atoms with E-state index in [2.05, 4.69) is 20.6 Å². The van der Waals surface area contributed by atoms with Gasteiger partial charge in [-0.3, -0.25) is 0 Å². The van der Waals surface area contributed by atoms with Crippen LogP contribution in [0.4, 0.5) is 4.39 Å². The van der Waals surface area contributed by atoms with Gasteiger partial charge in [-0.15, -0.1) is 0 Å². The number of benzene rings is 1. The van der Waals surface area contributed by atoms with Crippen LogP contribution in [0.5, 0.6) is 11.6 Å². The minimum atomic E-state index is -0.354. The van der Waals surface area contributed by atoms with Gasteiger partial charge >= 0.3 is 0 Å². The molecule has 1 saturated heterocycles. The smallest absolute Gasteiger partial charge is 0.224 e. The normalized spacial score (nSPS) is 16.3. The van der Waals surface area contributed by atoms with Crippen LogP contribution in [0, 0.1) is 11.7 Å². The van der Waals surface area contributed by atoms with Gasteiger partial charge in [-0.05, 0) is 38.0 Å². The number of hydrogen-bond acceptors (Lipinski definition) is 5. The number of guanidine groups is 1. The van der Waals surface area contributed by atoms with Crippen LogP contribution in [0.1, 0.15) is 25.3 Å². The summed E-state index contributed by atoms with van der Waals surface area (Å²) in [6.45, 7) is 7.05. The molecule has 2 aromatic rings. The molecule has 0 bridgehead atoms. The summed E-state index contributed by atoms with van der Waals surface area (Å²) in [5.41, 5.74) is 0.811. The van der Waals surface area contributed by atoms with Crippen molar-refractivity contribution >= 4 is 5.96 Å². The zero-order chi connectivity index (χ0) is 21.7. The Bertz CT molecular complexity index is 828. The van der Waals surface area contributed by atoms with Gasteiger partial charge in [0, 0.05) is 50.0 Å². The van der Waals surface area contributed by atoms with Crippen molar-refractivity contribution in [3.05, 3.63) is 54.0 Å². The first-order valence-corrected chi connectivity index (χ1v) is 10.8. The molecule has 1 fully saturated rings. The molecule has 1 aromatic heterocycles. The van der Waals surface area contributed by atoms with Crippen molar-refractivity contribution in [3.8, 4) is 11.6 Å². The van der Waals surface area contributed by atoms with Crippen molar-refractivity contribution in [1.29, 1.82) is 0 Å². The number of aromatic nitrogens is 1.